The minimum absolute atomic E-state index is 0.371. The molecule has 1 rings (SSSR count). The highest BCUT2D eigenvalue weighted by atomic mass is 32.1. The van der Waals surface area contributed by atoms with E-state index in [4.69, 9.17) is 0 Å². The van der Waals surface area contributed by atoms with Crippen molar-refractivity contribution in [2.75, 3.05) is 26.8 Å². The maximum absolute atomic E-state index is 12.6. The van der Waals surface area contributed by atoms with Crippen LogP contribution in [0.25, 0.3) is 0 Å². The minimum Gasteiger partial charge on any atom is -0.365 e. The molecule has 0 saturated carbocycles. The third kappa shape index (κ3) is 5.58. The van der Waals surface area contributed by atoms with Crippen LogP contribution in [0.3, 0.4) is 0 Å². The van der Waals surface area contributed by atoms with Gasteiger partial charge in [-0.1, -0.05) is 0 Å². The molecule has 4 nitrogen and oxygen atoms in total. The average molecular weight is 328 g/mol. The zero-order valence-electron chi connectivity index (χ0n) is 11.6. The third-order valence-corrected chi connectivity index (χ3v) is 3.78. The van der Waals surface area contributed by atoms with Crippen LogP contribution in [0.2, 0.25) is 0 Å². The minimum atomic E-state index is -4.24. The quantitative estimate of drug-likeness (QED) is 0.688. The Labute approximate surface area is 123 Å². The van der Waals surface area contributed by atoms with Crippen molar-refractivity contribution in [1.29, 1.82) is 0 Å². The Hall–Kier alpha value is -1.22. The molecule has 0 unspecified atom stereocenters. The maximum atomic E-state index is 12.6. The van der Waals surface area contributed by atoms with E-state index >= 15 is 0 Å². The number of likely N-dealkylation sites (N-methyl/N-ethyl adjacent to an activating group) is 1. The Morgan fingerprint density at radius 3 is 2.71 bits per heavy atom. The number of hydrogen-bond acceptors (Lipinski definition) is 4. The molecule has 0 bridgehead atoms. The average Bonchev–Trinajstić information content (AvgIpc) is 2.81. The predicted octanol–water partition coefficient (Wildman–Crippen LogP) is 2.37. The molecule has 1 heterocycles. The molecule has 0 fully saturated rings. The summed E-state index contributed by atoms with van der Waals surface area (Å²) in [5.41, 5.74) is 2.58. The monoisotopic (exact) mass is 328 g/mol. The Balaban J connectivity index is 2.30. The predicted molar refractivity (Wildman–Crippen MR) is 70.0 cm³/mol. The van der Waals surface area contributed by atoms with Crippen LogP contribution >= 0.6 is 11.3 Å². The summed E-state index contributed by atoms with van der Waals surface area (Å²) in [5, 5.41) is 0. The fraction of sp³-hybridized carbons (Fsp3) is 0.667. The number of carbonyl (C=O) groups is 1. The summed E-state index contributed by atoms with van der Waals surface area (Å²) in [6.07, 6.45) is -3.22. The van der Waals surface area contributed by atoms with E-state index in [9.17, 15) is 22.4 Å². The fourth-order valence-electron chi connectivity index (χ4n) is 1.41. The molecule has 0 aromatic carbocycles. The van der Waals surface area contributed by atoms with Crippen molar-refractivity contribution in [3.8, 4) is 0 Å². The zero-order chi connectivity index (χ0) is 16.0. The number of aromatic nitrogens is 1. The summed E-state index contributed by atoms with van der Waals surface area (Å²) < 4.78 is 53.3. The molecule has 21 heavy (non-hydrogen) atoms. The van der Waals surface area contributed by atoms with Gasteiger partial charge in [-0.25, -0.2) is 13.8 Å². The van der Waals surface area contributed by atoms with Crippen molar-refractivity contribution in [3.63, 3.8) is 0 Å². The molecule has 0 N–H and O–H groups in total. The number of alkyl halides is 4. The summed E-state index contributed by atoms with van der Waals surface area (Å²) >= 11 is 1.46. The Kier molecular flexibility index (Phi) is 6.53. The van der Waals surface area contributed by atoms with Crippen LogP contribution in [0.1, 0.15) is 10.6 Å². The number of carbonyl (C=O) groups excluding carboxylic acids is 1. The van der Waals surface area contributed by atoms with Crippen LogP contribution in [0, 0.1) is 6.92 Å². The van der Waals surface area contributed by atoms with E-state index in [-0.39, 0.29) is 0 Å². The van der Waals surface area contributed by atoms with Gasteiger partial charge in [0.1, 0.15) is 13.2 Å². The van der Waals surface area contributed by atoms with Crippen LogP contribution in [0.5, 0.6) is 0 Å². The summed E-state index contributed by atoms with van der Waals surface area (Å²) in [6, 6.07) is 0. The normalized spacial score (nSPS) is 12.0. The molecule has 9 heteroatoms. The van der Waals surface area contributed by atoms with E-state index in [1.54, 1.807) is 5.51 Å². The van der Waals surface area contributed by atoms with Gasteiger partial charge in [-0.3, -0.25) is 4.79 Å². The molecule has 120 valence electrons. The van der Waals surface area contributed by atoms with Gasteiger partial charge in [0, 0.05) is 24.9 Å². The Morgan fingerprint density at radius 2 is 2.19 bits per heavy atom. The molecule has 0 saturated heterocycles. The van der Waals surface area contributed by atoms with Gasteiger partial charge in [0.15, 0.2) is 0 Å². The third-order valence-electron chi connectivity index (χ3n) is 2.78. The standard InChI is InChI=1S/C12H16F4N2O2S/c1-8-9(21-7-17-8)3-4-18(2)10(19)5-20-6-12(15,16)11(13)14/h7,11H,3-6H2,1-2H3. The lowest BCUT2D eigenvalue weighted by Gasteiger charge is -2.19. The van der Waals surface area contributed by atoms with Crippen LogP contribution < -0.4 is 0 Å². The zero-order valence-corrected chi connectivity index (χ0v) is 12.4. The summed E-state index contributed by atoms with van der Waals surface area (Å²) in [7, 11) is 1.49. The van der Waals surface area contributed by atoms with Gasteiger partial charge in [0.2, 0.25) is 5.91 Å². The smallest absolute Gasteiger partial charge is 0.330 e. The van der Waals surface area contributed by atoms with Crippen molar-refractivity contribution in [2.24, 2.45) is 0 Å². The van der Waals surface area contributed by atoms with Crippen molar-refractivity contribution in [2.45, 2.75) is 25.7 Å². The summed E-state index contributed by atoms with van der Waals surface area (Å²) in [4.78, 5) is 18.0. The van der Waals surface area contributed by atoms with Gasteiger partial charge in [-0.2, -0.15) is 8.78 Å². The number of hydrogen-bond donors (Lipinski definition) is 0. The first-order chi connectivity index (χ1) is 9.74. The number of aryl methyl sites for hydroxylation is 1. The van der Waals surface area contributed by atoms with Gasteiger partial charge in [-0.15, -0.1) is 11.3 Å². The van der Waals surface area contributed by atoms with Crippen LogP contribution in [0.15, 0.2) is 5.51 Å². The molecule has 1 aromatic heterocycles. The van der Waals surface area contributed by atoms with E-state index in [1.165, 1.54) is 23.3 Å². The number of nitrogens with zero attached hydrogens (tertiary/aromatic N) is 2. The molecule has 1 amide bonds. The molecule has 1 aromatic rings. The number of ether oxygens (including phenoxy) is 1. The topological polar surface area (TPSA) is 42.4 Å². The first-order valence-corrected chi connectivity index (χ1v) is 6.98. The first kappa shape index (κ1) is 17.8. The summed E-state index contributed by atoms with van der Waals surface area (Å²) in [5.74, 6) is -4.78. The highest BCUT2D eigenvalue weighted by Gasteiger charge is 2.41. The van der Waals surface area contributed by atoms with Gasteiger partial charge in [0.25, 0.3) is 0 Å². The molecule has 0 atom stereocenters. The van der Waals surface area contributed by atoms with Crippen LogP contribution in [-0.4, -0.2) is 54.9 Å². The molecule has 0 radical (unpaired) electrons. The lowest BCUT2D eigenvalue weighted by molar-refractivity contribution is -0.170. The van der Waals surface area contributed by atoms with Gasteiger partial charge < -0.3 is 9.64 Å². The summed E-state index contributed by atoms with van der Waals surface area (Å²) in [6.45, 7) is 0.0956. The SMILES string of the molecule is Cc1ncsc1CCN(C)C(=O)COCC(F)(F)C(F)F. The fourth-order valence-corrected chi connectivity index (χ4v) is 2.18. The molecular weight excluding hydrogens is 312 g/mol. The molecule has 0 aliphatic heterocycles. The van der Waals surface area contributed by atoms with Crippen molar-refractivity contribution >= 4 is 17.2 Å². The van der Waals surface area contributed by atoms with Crippen molar-refractivity contribution in [3.05, 3.63) is 16.1 Å². The lowest BCUT2D eigenvalue weighted by atomic mass is 10.3. The largest absolute Gasteiger partial charge is 0.365 e. The number of amides is 1. The molecular formula is C12H16F4N2O2S. The maximum Gasteiger partial charge on any atom is 0.330 e. The lowest BCUT2D eigenvalue weighted by Crippen LogP contribution is -2.36. The first-order valence-electron chi connectivity index (χ1n) is 6.10. The van der Waals surface area contributed by atoms with Crippen molar-refractivity contribution < 1.29 is 27.1 Å². The number of thiazole rings is 1. The number of rotatable bonds is 8. The van der Waals surface area contributed by atoms with E-state index in [1.807, 2.05) is 6.92 Å². The highest BCUT2D eigenvalue weighted by molar-refractivity contribution is 7.09. The second-order valence-corrected chi connectivity index (χ2v) is 5.42. The van der Waals surface area contributed by atoms with E-state index in [0.717, 1.165) is 10.6 Å². The molecule has 0 aliphatic carbocycles. The van der Waals surface area contributed by atoms with Gasteiger partial charge in [0.05, 0.1) is 11.2 Å². The van der Waals surface area contributed by atoms with E-state index in [2.05, 4.69) is 9.72 Å². The molecule has 0 spiro atoms. The Morgan fingerprint density at radius 1 is 1.52 bits per heavy atom. The van der Waals surface area contributed by atoms with Gasteiger partial charge >= 0.3 is 12.3 Å². The molecule has 0 aliphatic rings. The van der Waals surface area contributed by atoms with Crippen LogP contribution in [-0.2, 0) is 16.0 Å². The second kappa shape index (κ2) is 7.69. The van der Waals surface area contributed by atoms with Crippen LogP contribution in [0.4, 0.5) is 17.6 Å². The van der Waals surface area contributed by atoms with E-state index < -0.39 is 31.5 Å². The van der Waals surface area contributed by atoms with Gasteiger partial charge in [-0.05, 0) is 6.92 Å². The second-order valence-electron chi connectivity index (χ2n) is 4.48. The van der Waals surface area contributed by atoms with E-state index in [0.29, 0.717) is 13.0 Å². The Bertz CT molecular complexity index is 468. The number of halogens is 4. The highest BCUT2D eigenvalue weighted by Crippen LogP contribution is 2.22. The van der Waals surface area contributed by atoms with Crippen molar-refractivity contribution in [1.82, 2.24) is 9.88 Å².